The predicted octanol–water partition coefficient (Wildman–Crippen LogP) is 5.08. The van der Waals surface area contributed by atoms with Crippen LogP contribution < -0.4 is 5.32 Å². The van der Waals surface area contributed by atoms with Gasteiger partial charge in [0.1, 0.15) is 0 Å². The summed E-state index contributed by atoms with van der Waals surface area (Å²) in [6.45, 7) is 6.14. The van der Waals surface area contributed by atoms with Gasteiger partial charge in [0.2, 0.25) is 0 Å². The first kappa shape index (κ1) is 19.1. The first-order valence-corrected chi connectivity index (χ1v) is 11.1. The molecule has 4 heterocycles. The number of fused-ring (bicyclic) bond motifs is 2. The number of anilines is 2. The fraction of sp³-hybridized carbons (Fsp3) is 0.304. The van der Waals surface area contributed by atoms with Crippen LogP contribution in [0.5, 0.6) is 0 Å². The Kier molecular flexibility index (Phi) is 4.92. The predicted molar refractivity (Wildman–Crippen MR) is 122 cm³/mol. The third-order valence-corrected chi connectivity index (χ3v) is 6.64. The topological polar surface area (TPSA) is 70.2 Å². The zero-order valence-corrected chi connectivity index (χ0v) is 17.9. The van der Waals surface area contributed by atoms with Crippen LogP contribution in [0.4, 0.5) is 11.4 Å². The maximum absolute atomic E-state index is 13.0. The van der Waals surface area contributed by atoms with Crippen molar-refractivity contribution in [1.82, 2.24) is 14.9 Å². The minimum atomic E-state index is 0.0652. The minimum absolute atomic E-state index is 0.0652. The summed E-state index contributed by atoms with van der Waals surface area (Å²) in [6.07, 6.45) is 2.83. The molecule has 3 aromatic heterocycles. The lowest BCUT2D eigenvalue weighted by molar-refractivity contribution is 0.0600. The molecule has 0 unspecified atom stereocenters. The molecule has 1 aliphatic heterocycles. The highest BCUT2D eigenvalue weighted by Gasteiger charge is 2.28. The molecule has 1 amide bonds. The normalized spacial score (nSPS) is 16.6. The second kappa shape index (κ2) is 7.74. The van der Waals surface area contributed by atoms with Crippen LogP contribution in [0.25, 0.3) is 21.1 Å². The molecule has 6 nitrogen and oxygen atoms in total. The number of likely N-dealkylation sites (tertiary alicyclic amines) is 1. The molecule has 0 aliphatic carbocycles. The molecular formula is C23H24N4O2S. The molecule has 7 heteroatoms. The van der Waals surface area contributed by atoms with Gasteiger partial charge in [-0.2, -0.15) is 0 Å². The number of aryl methyl sites for hydroxylation is 1. The molecule has 1 saturated heterocycles. The van der Waals surface area contributed by atoms with E-state index >= 15 is 0 Å². The second-order valence-electron chi connectivity index (χ2n) is 7.68. The van der Waals surface area contributed by atoms with E-state index in [-0.39, 0.29) is 12.0 Å². The molecule has 1 atom stereocenters. The Morgan fingerprint density at radius 2 is 2.23 bits per heavy atom. The van der Waals surface area contributed by atoms with Crippen molar-refractivity contribution in [1.29, 1.82) is 0 Å². The van der Waals surface area contributed by atoms with Gasteiger partial charge in [-0.15, -0.1) is 11.3 Å². The summed E-state index contributed by atoms with van der Waals surface area (Å²) in [7, 11) is 0. The number of carbonyl (C=O) groups excluding carboxylic acids is 1. The summed E-state index contributed by atoms with van der Waals surface area (Å²) < 4.78 is 6.67. The molecule has 2 N–H and O–H groups in total. The molecule has 30 heavy (non-hydrogen) atoms. The number of amides is 1. The van der Waals surface area contributed by atoms with E-state index in [1.165, 1.54) is 16.7 Å². The fourth-order valence-electron chi connectivity index (χ4n) is 4.09. The summed E-state index contributed by atoms with van der Waals surface area (Å²) in [5.74, 6) is 0.0652. The zero-order chi connectivity index (χ0) is 20.7. The number of nitrogens with zero attached hydrogens (tertiary/aromatic N) is 2. The number of pyridine rings is 1. The number of thiophene rings is 1. The van der Waals surface area contributed by atoms with Crippen molar-refractivity contribution < 1.29 is 9.53 Å². The van der Waals surface area contributed by atoms with Crippen LogP contribution in [0.2, 0.25) is 0 Å². The molecular weight excluding hydrogens is 396 g/mol. The molecule has 0 radical (unpaired) electrons. The summed E-state index contributed by atoms with van der Waals surface area (Å²) in [5.41, 5.74) is 5.08. The van der Waals surface area contributed by atoms with Crippen LogP contribution in [0, 0.1) is 6.92 Å². The van der Waals surface area contributed by atoms with Crippen molar-refractivity contribution >= 4 is 49.7 Å². The van der Waals surface area contributed by atoms with Gasteiger partial charge < -0.3 is 19.9 Å². The lowest BCUT2D eigenvalue weighted by Crippen LogP contribution is -2.29. The van der Waals surface area contributed by atoms with Crippen LogP contribution in [-0.2, 0) is 4.74 Å². The molecule has 1 aromatic carbocycles. The van der Waals surface area contributed by atoms with Crippen LogP contribution >= 0.6 is 11.3 Å². The average molecular weight is 421 g/mol. The Labute approximate surface area is 178 Å². The van der Waals surface area contributed by atoms with Crippen LogP contribution in [0.3, 0.4) is 0 Å². The second-order valence-corrected chi connectivity index (χ2v) is 8.73. The Morgan fingerprint density at radius 1 is 1.33 bits per heavy atom. The summed E-state index contributed by atoms with van der Waals surface area (Å²) >= 11 is 1.50. The van der Waals surface area contributed by atoms with Gasteiger partial charge in [-0.25, -0.2) is 0 Å². The maximum Gasteiger partial charge on any atom is 0.264 e. The Bertz CT molecular complexity index is 1230. The van der Waals surface area contributed by atoms with Gasteiger partial charge in [0.25, 0.3) is 5.91 Å². The lowest BCUT2D eigenvalue weighted by Gasteiger charge is -2.15. The molecule has 4 aromatic rings. The SMILES string of the molecule is CCO[C@H]1CCN(C(=O)c2cc3nccc(Nc4ccc5[nH]c(C)cc5c4)c3s2)C1. The lowest BCUT2D eigenvalue weighted by atomic mass is 10.2. The van der Waals surface area contributed by atoms with E-state index in [2.05, 4.69) is 46.5 Å². The monoisotopic (exact) mass is 420 g/mol. The van der Waals surface area contributed by atoms with Gasteiger partial charge in [0.05, 0.1) is 26.9 Å². The van der Waals surface area contributed by atoms with Gasteiger partial charge in [-0.05, 0) is 56.7 Å². The number of nitrogens with one attached hydrogen (secondary N) is 2. The smallest absolute Gasteiger partial charge is 0.264 e. The van der Waals surface area contributed by atoms with Gasteiger partial charge in [-0.1, -0.05) is 0 Å². The molecule has 0 spiro atoms. The quantitative estimate of drug-likeness (QED) is 0.472. The van der Waals surface area contributed by atoms with Crippen molar-refractivity contribution in [3.05, 3.63) is 53.2 Å². The molecule has 154 valence electrons. The van der Waals surface area contributed by atoms with E-state index < -0.39 is 0 Å². The van der Waals surface area contributed by atoms with Crippen LogP contribution in [0.1, 0.15) is 28.7 Å². The Morgan fingerprint density at radius 3 is 3.10 bits per heavy atom. The first-order chi connectivity index (χ1) is 14.6. The number of hydrogen-bond acceptors (Lipinski definition) is 5. The van der Waals surface area contributed by atoms with Crippen molar-refractivity contribution in [3.63, 3.8) is 0 Å². The Balaban J connectivity index is 1.41. The van der Waals surface area contributed by atoms with Crippen molar-refractivity contribution in [3.8, 4) is 0 Å². The number of aromatic amines is 1. The van der Waals surface area contributed by atoms with E-state index in [4.69, 9.17) is 4.74 Å². The van der Waals surface area contributed by atoms with E-state index in [1.807, 2.05) is 24.0 Å². The molecule has 0 bridgehead atoms. The standard InChI is InChI=1S/C23H24N4O2S/c1-3-29-17-7-9-27(13-17)23(28)21-12-20-22(30-21)19(6-8-24-20)26-16-4-5-18-15(11-16)10-14(2)25-18/h4-6,8,10-12,17,25H,3,7,9,13H2,1-2H3,(H,24,26)/t17-/m0/s1. The number of H-pyrrole nitrogens is 1. The van der Waals surface area contributed by atoms with Gasteiger partial charge in [0, 0.05) is 48.2 Å². The highest BCUT2D eigenvalue weighted by atomic mass is 32.1. The largest absolute Gasteiger partial charge is 0.377 e. The third-order valence-electron chi connectivity index (χ3n) is 5.49. The summed E-state index contributed by atoms with van der Waals surface area (Å²) in [5, 5.41) is 4.67. The van der Waals surface area contributed by atoms with Crippen LogP contribution in [0.15, 0.2) is 42.6 Å². The number of carbonyl (C=O) groups is 1. The highest BCUT2D eigenvalue weighted by Crippen LogP contribution is 2.34. The highest BCUT2D eigenvalue weighted by molar-refractivity contribution is 7.21. The van der Waals surface area contributed by atoms with E-state index in [0.717, 1.165) is 50.6 Å². The molecule has 0 saturated carbocycles. The van der Waals surface area contributed by atoms with E-state index in [0.29, 0.717) is 13.2 Å². The Hall–Kier alpha value is -2.90. The molecule has 1 aliphatic rings. The number of aromatic nitrogens is 2. The van der Waals surface area contributed by atoms with Gasteiger partial charge >= 0.3 is 0 Å². The zero-order valence-electron chi connectivity index (χ0n) is 17.1. The fourth-order valence-corrected chi connectivity index (χ4v) is 5.15. The summed E-state index contributed by atoms with van der Waals surface area (Å²) in [6, 6.07) is 12.3. The number of rotatable bonds is 5. The number of ether oxygens (including phenoxy) is 1. The van der Waals surface area contributed by atoms with Gasteiger partial charge in [0.15, 0.2) is 0 Å². The van der Waals surface area contributed by atoms with E-state index in [9.17, 15) is 4.79 Å². The average Bonchev–Trinajstić information content (AvgIpc) is 3.45. The van der Waals surface area contributed by atoms with E-state index in [1.54, 1.807) is 6.20 Å². The number of benzene rings is 1. The first-order valence-electron chi connectivity index (χ1n) is 10.3. The van der Waals surface area contributed by atoms with Gasteiger partial charge in [-0.3, -0.25) is 9.78 Å². The van der Waals surface area contributed by atoms with Crippen molar-refractivity contribution in [2.75, 3.05) is 25.0 Å². The summed E-state index contributed by atoms with van der Waals surface area (Å²) in [4.78, 5) is 23.5. The molecule has 5 rings (SSSR count). The van der Waals surface area contributed by atoms with Crippen LogP contribution in [-0.4, -0.2) is 46.6 Å². The van der Waals surface area contributed by atoms with Crippen molar-refractivity contribution in [2.45, 2.75) is 26.4 Å². The number of hydrogen-bond donors (Lipinski definition) is 2. The third kappa shape index (κ3) is 3.55. The minimum Gasteiger partial charge on any atom is -0.377 e. The van der Waals surface area contributed by atoms with Crippen molar-refractivity contribution in [2.24, 2.45) is 0 Å². The molecule has 1 fully saturated rings. The maximum atomic E-state index is 13.0.